The standard InChI is InChI=1S/C40H50N6O10/c1-5-53-39(52)44-23-21-43(22-24-44)37(50)30(18-19-35(48)56-40(2,3)4)41-36(49)31-25-34(46(42-31)29-15-10-7-11-16-29)54-27-33(47)45-20-12-17-32(45)38(51)55-26-28-13-8-6-9-14-28/h6-11,13-16,25,30,32H,5,12,17-24,26-27H2,1-4H3,(H,41,49)/t30-,32-/m0/s1. The summed E-state index contributed by atoms with van der Waals surface area (Å²) in [5.74, 6) is -2.54. The second kappa shape index (κ2) is 19.1. The number of nitrogens with one attached hydrogen (secondary N) is 1. The van der Waals surface area contributed by atoms with Crippen LogP contribution in [0.1, 0.15) is 69.4 Å². The first-order valence-electron chi connectivity index (χ1n) is 18.8. The number of piperazine rings is 1. The Morgan fingerprint density at radius 3 is 2.20 bits per heavy atom. The number of rotatable bonds is 14. The van der Waals surface area contributed by atoms with Gasteiger partial charge in [0, 0.05) is 45.2 Å². The minimum atomic E-state index is -1.13. The average molecular weight is 775 g/mol. The Kier molecular flexibility index (Phi) is 14.1. The van der Waals surface area contributed by atoms with Crippen molar-refractivity contribution in [1.29, 1.82) is 0 Å². The molecule has 0 saturated carbocycles. The fraction of sp³-hybridized carbons (Fsp3) is 0.475. The second-order valence-electron chi connectivity index (χ2n) is 14.4. The molecule has 0 bridgehead atoms. The van der Waals surface area contributed by atoms with E-state index in [-0.39, 0.29) is 63.8 Å². The summed E-state index contributed by atoms with van der Waals surface area (Å²) in [6.45, 7) is 8.03. The maximum atomic E-state index is 13.8. The number of amides is 4. The van der Waals surface area contributed by atoms with Crippen LogP contribution >= 0.6 is 0 Å². The molecule has 4 amide bonds. The van der Waals surface area contributed by atoms with Crippen LogP contribution in [0.4, 0.5) is 4.79 Å². The van der Waals surface area contributed by atoms with Gasteiger partial charge in [0.1, 0.15) is 24.3 Å². The number of carbonyl (C=O) groups excluding carboxylic acids is 6. The van der Waals surface area contributed by atoms with Gasteiger partial charge in [0.2, 0.25) is 11.8 Å². The number of esters is 2. The smallest absolute Gasteiger partial charge is 0.409 e. The van der Waals surface area contributed by atoms with E-state index in [1.807, 2.05) is 36.4 Å². The molecule has 2 aliphatic heterocycles. The summed E-state index contributed by atoms with van der Waals surface area (Å²) in [6, 6.07) is 17.6. The van der Waals surface area contributed by atoms with Crippen molar-refractivity contribution >= 4 is 35.8 Å². The van der Waals surface area contributed by atoms with E-state index in [1.165, 1.54) is 25.4 Å². The summed E-state index contributed by atoms with van der Waals surface area (Å²) in [5.41, 5.74) is 0.519. The molecule has 0 spiro atoms. The normalized spacial score (nSPS) is 16.1. The average Bonchev–Trinajstić information content (AvgIpc) is 3.86. The third kappa shape index (κ3) is 11.3. The van der Waals surface area contributed by atoms with E-state index in [9.17, 15) is 28.8 Å². The third-order valence-electron chi connectivity index (χ3n) is 9.10. The van der Waals surface area contributed by atoms with Crippen molar-refractivity contribution in [3.63, 3.8) is 0 Å². The number of carbonyl (C=O) groups is 6. The first-order valence-corrected chi connectivity index (χ1v) is 18.8. The number of para-hydroxylation sites is 1. The van der Waals surface area contributed by atoms with Gasteiger partial charge in [-0.2, -0.15) is 5.10 Å². The molecule has 2 aliphatic rings. The fourth-order valence-corrected chi connectivity index (χ4v) is 6.37. The summed E-state index contributed by atoms with van der Waals surface area (Å²) in [5, 5.41) is 7.22. The largest absolute Gasteiger partial charge is 0.467 e. The first kappa shape index (κ1) is 41.2. The highest BCUT2D eigenvalue weighted by molar-refractivity contribution is 5.96. The number of nitrogens with zero attached hydrogens (tertiary/aromatic N) is 5. The van der Waals surface area contributed by atoms with Gasteiger partial charge in [-0.3, -0.25) is 19.2 Å². The molecular formula is C40H50N6O10. The van der Waals surface area contributed by atoms with Gasteiger partial charge in [-0.15, -0.1) is 0 Å². The van der Waals surface area contributed by atoms with Crippen LogP contribution in [0.5, 0.6) is 5.88 Å². The number of hydrogen-bond acceptors (Lipinski definition) is 11. The van der Waals surface area contributed by atoms with Gasteiger partial charge in [-0.25, -0.2) is 14.3 Å². The zero-order chi connectivity index (χ0) is 40.2. The molecule has 16 nitrogen and oxygen atoms in total. The predicted octanol–water partition coefficient (Wildman–Crippen LogP) is 3.51. The molecule has 2 saturated heterocycles. The van der Waals surface area contributed by atoms with Crippen LogP contribution in [0.3, 0.4) is 0 Å². The van der Waals surface area contributed by atoms with Crippen LogP contribution < -0.4 is 10.1 Å². The quantitative estimate of drug-likeness (QED) is 0.187. The van der Waals surface area contributed by atoms with E-state index < -0.39 is 60.0 Å². The molecule has 0 unspecified atom stereocenters. The van der Waals surface area contributed by atoms with Crippen molar-refractivity contribution in [1.82, 2.24) is 29.8 Å². The Morgan fingerprint density at radius 1 is 0.875 bits per heavy atom. The van der Waals surface area contributed by atoms with Crippen molar-refractivity contribution in [2.75, 3.05) is 45.9 Å². The molecule has 2 aromatic carbocycles. The van der Waals surface area contributed by atoms with Gasteiger partial charge < -0.3 is 39.0 Å². The van der Waals surface area contributed by atoms with Crippen molar-refractivity contribution in [3.05, 3.63) is 78.0 Å². The van der Waals surface area contributed by atoms with E-state index in [1.54, 1.807) is 52.0 Å². The number of hydrogen-bond donors (Lipinski definition) is 1. The number of ether oxygens (including phenoxy) is 4. The van der Waals surface area contributed by atoms with Crippen molar-refractivity contribution in [3.8, 4) is 11.6 Å². The van der Waals surface area contributed by atoms with Crippen LogP contribution in [0, 0.1) is 0 Å². The molecule has 300 valence electrons. The van der Waals surface area contributed by atoms with Crippen molar-refractivity contribution in [2.45, 2.75) is 77.7 Å². The van der Waals surface area contributed by atoms with E-state index in [2.05, 4.69) is 10.4 Å². The summed E-state index contributed by atoms with van der Waals surface area (Å²) in [6.07, 6.45) is 0.408. The minimum absolute atomic E-state index is 0.0559. The lowest BCUT2D eigenvalue weighted by atomic mass is 10.1. The molecule has 2 atom stereocenters. The Hall–Kier alpha value is -5.93. The van der Waals surface area contributed by atoms with Gasteiger partial charge in [-0.1, -0.05) is 48.5 Å². The summed E-state index contributed by atoms with van der Waals surface area (Å²) >= 11 is 0. The van der Waals surface area contributed by atoms with Crippen LogP contribution in [-0.2, 0) is 40.0 Å². The summed E-state index contributed by atoms with van der Waals surface area (Å²) < 4.78 is 23.4. The number of aromatic nitrogens is 2. The maximum Gasteiger partial charge on any atom is 0.409 e. The Morgan fingerprint density at radius 2 is 1.54 bits per heavy atom. The molecular weight excluding hydrogens is 724 g/mol. The summed E-state index contributed by atoms with van der Waals surface area (Å²) in [7, 11) is 0. The van der Waals surface area contributed by atoms with Crippen molar-refractivity contribution in [2.24, 2.45) is 0 Å². The minimum Gasteiger partial charge on any atom is -0.467 e. The van der Waals surface area contributed by atoms with Crippen LogP contribution in [0.2, 0.25) is 0 Å². The number of benzene rings is 2. The van der Waals surface area contributed by atoms with Crippen LogP contribution in [-0.4, -0.2) is 124 Å². The van der Waals surface area contributed by atoms with Crippen LogP contribution in [0.25, 0.3) is 5.69 Å². The van der Waals surface area contributed by atoms with Crippen LogP contribution in [0.15, 0.2) is 66.7 Å². The lowest BCUT2D eigenvalue weighted by Gasteiger charge is -2.36. The lowest BCUT2D eigenvalue weighted by molar-refractivity contribution is -0.155. The van der Waals surface area contributed by atoms with E-state index in [0.717, 1.165) is 5.56 Å². The Labute approximate surface area is 326 Å². The number of likely N-dealkylation sites (tertiary alicyclic amines) is 1. The Bertz CT molecular complexity index is 1840. The van der Waals surface area contributed by atoms with Gasteiger partial charge in [-0.05, 0) is 64.7 Å². The molecule has 1 N–H and O–H groups in total. The van der Waals surface area contributed by atoms with Gasteiger partial charge in [0.15, 0.2) is 12.3 Å². The molecule has 3 heterocycles. The van der Waals surface area contributed by atoms with Gasteiger partial charge >= 0.3 is 18.0 Å². The summed E-state index contributed by atoms with van der Waals surface area (Å²) in [4.78, 5) is 83.5. The van der Waals surface area contributed by atoms with E-state index >= 15 is 0 Å². The zero-order valence-electron chi connectivity index (χ0n) is 32.3. The molecule has 0 radical (unpaired) electrons. The SMILES string of the molecule is CCOC(=O)N1CCN(C(=O)[C@H](CCC(=O)OC(C)(C)C)NC(=O)c2cc(OCC(=O)N3CCC[C@H]3C(=O)OCc3ccccc3)n(-c3ccccc3)n2)CC1. The lowest BCUT2D eigenvalue weighted by Crippen LogP contribution is -2.56. The monoisotopic (exact) mass is 774 g/mol. The fourth-order valence-electron chi connectivity index (χ4n) is 6.37. The zero-order valence-corrected chi connectivity index (χ0v) is 32.3. The molecule has 0 aliphatic carbocycles. The highest BCUT2D eigenvalue weighted by atomic mass is 16.6. The third-order valence-corrected chi connectivity index (χ3v) is 9.10. The molecule has 2 fully saturated rings. The highest BCUT2D eigenvalue weighted by Crippen LogP contribution is 2.23. The molecule has 3 aromatic rings. The molecule has 1 aromatic heterocycles. The topological polar surface area (TPSA) is 179 Å². The second-order valence-corrected chi connectivity index (χ2v) is 14.4. The molecule has 56 heavy (non-hydrogen) atoms. The first-order chi connectivity index (χ1) is 26.8. The van der Waals surface area contributed by atoms with E-state index in [0.29, 0.717) is 25.1 Å². The van der Waals surface area contributed by atoms with Gasteiger partial charge in [0.25, 0.3) is 11.8 Å². The van der Waals surface area contributed by atoms with Crippen molar-refractivity contribution < 1.29 is 47.7 Å². The molecule has 5 rings (SSSR count). The maximum absolute atomic E-state index is 13.8. The molecule has 16 heteroatoms. The highest BCUT2D eigenvalue weighted by Gasteiger charge is 2.36. The van der Waals surface area contributed by atoms with E-state index in [4.69, 9.17) is 18.9 Å². The van der Waals surface area contributed by atoms with Gasteiger partial charge in [0.05, 0.1) is 12.3 Å². The predicted molar refractivity (Wildman–Crippen MR) is 202 cm³/mol. The Balaban J connectivity index is 1.29.